The molecule has 27 heavy (non-hydrogen) atoms. The van der Waals surface area contributed by atoms with Gasteiger partial charge in [0.1, 0.15) is 0 Å². The van der Waals surface area contributed by atoms with Crippen molar-refractivity contribution in [2.24, 2.45) is 0 Å². The molecule has 6 rings (SSSR count). The van der Waals surface area contributed by atoms with E-state index < -0.39 is 5.41 Å². The van der Waals surface area contributed by atoms with Gasteiger partial charge in [0.25, 0.3) is 0 Å². The fraction of sp³-hybridized carbons (Fsp3) is 0.0526. The fourth-order valence-electron chi connectivity index (χ4n) is 4.32. The standard InChI is InChI=1S/C19H6Br2O2S4/c20-13-3-11-17(26-13)15-9(1-7(5-22)24-15)19(11)10-2-8(6-23)25-16(10)18-12(19)4-14(21)27-18/h1-6H. The van der Waals surface area contributed by atoms with Gasteiger partial charge in [-0.3, -0.25) is 9.59 Å². The highest BCUT2D eigenvalue weighted by molar-refractivity contribution is 9.11. The molecule has 0 N–H and O–H groups in total. The Bertz CT molecular complexity index is 1200. The minimum absolute atomic E-state index is 0.435. The molecule has 0 fully saturated rings. The lowest BCUT2D eigenvalue weighted by Gasteiger charge is -2.27. The summed E-state index contributed by atoms with van der Waals surface area (Å²) in [4.78, 5) is 29.3. The van der Waals surface area contributed by atoms with Gasteiger partial charge in [-0.05, 0) is 78.4 Å². The largest absolute Gasteiger partial charge is 0.297 e. The Hall–Kier alpha value is -0.900. The van der Waals surface area contributed by atoms with Crippen molar-refractivity contribution >= 4 is 89.8 Å². The second kappa shape index (κ2) is 5.58. The highest BCUT2D eigenvalue weighted by Gasteiger charge is 2.55. The van der Waals surface area contributed by atoms with Crippen molar-refractivity contribution in [3.63, 3.8) is 0 Å². The molecule has 2 nitrogen and oxygen atoms in total. The van der Waals surface area contributed by atoms with Gasteiger partial charge in [-0.1, -0.05) is 0 Å². The lowest BCUT2D eigenvalue weighted by molar-refractivity contribution is 0.111. The molecule has 0 amide bonds. The van der Waals surface area contributed by atoms with Crippen molar-refractivity contribution in [1.82, 2.24) is 0 Å². The van der Waals surface area contributed by atoms with Crippen LogP contribution in [0.5, 0.6) is 0 Å². The molecule has 2 aliphatic carbocycles. The van der Waals surface area contributed by atoms with E-state index in [-0.39, 0.29) is 0 Å². The summed E-state index contributed by atoms with van der Waals surface area (Å²) in [7, 11) is 0. The van der Waals surface area contributed by atoms with Crippen LogP contribution in [-0.4, -0.2) is 12.6 Å². The minimum atomic E-state index is -0.435. The molecule has 4 heterocycles. The molecule has 0 atom stereocenters. The molecule has 4 aromatic rings. The predicted molar refractivity (Wildman–Crippen MR) is 120 cm³/mol. The number of fused-ring (bicyclic) bond motifs is 10. The summed E-state index contributed by atoms with van der Waals surface area (Å²) in [5, 5.41) is 0. The van der Waals surface area contributed by atoms with Crippen LogP contribution in [0.25, 0.3) is 19.5 Å². The van der Waals surface area contributed by atoms with Crippen LogP contribution < -0.4 is 0 Å². The number of carbonyl (C=O) groups is 2. The zero-order valence-electron chi connectivity index (χ0n) is 13.2. The smallest absolute Gasteiger partial charge is 0.160 e. The van der Waals surface area contributed by atoms with Crippen molar-refractivity contribution < 1.29 is 9.59 Å². The average Bonchev–Trinajstić information content (AvgIpc) is 3.42. The quantitative estimate of drug-likeness (QED) is 0.209. The first kappa shape index (κ1) is 17.0. The molecule has 2 aliphatic rings. The SMILES string of the molecule is O=Cc1cc2c(s1)-c1sc(Br)cc1C21c2cc(Br)sc2-c2sc(C=O)cc21. The number of rotatable bonds is 2. The Kier molecular flexibility index (Phi) is 3.52. The second-order valence-electron chi connectivity index (χ2n) is 6.36. The Morgan fingerprint density at radius 3 is 1.41 bits per heavy atom. The normalized spacial score (nSPS) is 14.9. The highest BCUT2D eigenvalue weighted by Crippen LogP contribution is 2.68. The average molecular weight is 554 g/mol. The number of carbonyl (C=O) groups excluding carboxylic acids is 2. The van der Waals surface area contributed by atoms with Gasteiger partial charge in [-0.15, -0.1) is 45.3 Å². The van der Waals surface area contributed by atoms with Crippen molar-refractivity contribution in [2.45, 2.75) is 5.41 Å². The molecule has 0 unspecified atom stereocenters. The molecular weight excluding hydrogens is 548 g/mol. The van der Waals surface area contributed by atoms with E-state index in [4.69, 9.17) is 0 Å². The summed E-state index contributed by atoms with van der Waals surface area (Å²) < 4.78 is 2.16. The van der Waals surface area contributed by atoms with Crippen LogP contribution >= 0.6 is 77.2 Å². The van der Waals surface area contributed by atoms with E-state index in [0.29, 0.717) is 0 Å². The molecule has 0 saturated carbocycles. The zero-order valence-corrected chi connectivity index (χ0v) is 19.6. The van der Waals surface area contributed by atoms with Gasteiger partial charge >= 0.3 is 0 Å². The predicted octanol–water partition coefficient (Wildman–Crippen LogP) is 7.43. The molecule has 8 heteroatoms. The van der Waals surface area contributed by atoms with Gasteiger partial charge in [0.2, 0.25) is 0 Å². The van der Waals surface area contributed by atoms with Crippen LogP contribution in [0, 0.1) is 0 Å². The molecule has 0 aliphatic heterocycles. The summed E-state index contributed by atoms with van der Waals surface area (Å²) in [6.45, 7) is 0. The lowest BCUT2D eigenvalue weighted by atomic mass is 9.72. The van der Waals surface area contributed by atoms with E-state index in [1.54, 1.807) is 45.3 Å². The summed E-state index contributed by atoms with van der Waals surface area (Å²) in [6.07, 6.45) is 1.87. The third-order valence-corrected chi connectivity index (χ3v) is 10.9. The van der Waals surface area contributed by atoms with Gasteiger partial charge in [0.05, 0.1) is 42.3 Å². The van der Waals surface area contributed by atoms with Crippen molar-refractivity contribution in [3.8, 4) is 19.5 Å². The van der Waals surface area contributed by atoms with E-state index in [9.17, 15) is 9.59 Å². The van der Waals surface area contributed by atoms with Crippen LogP contribution in [0.2, 0.25) is 0 Å². The highest BCUT2D eigenvalue weighted by atomic mass is 79.9. The van der Waals surface area contributed by atoms with E-state index >= 15 is 0 Å². The molecule has 0 saturated heterocycles. The van der Waals surface area contributed by atoms with Crippen LogP contribution in [0.4, 0.5) is 0 Å². The maximum absolute atomic E-state index is 11.5. The monoisotopic (exact) mass is 552 g/mol. The van der Waals surface area contributed by atoms with Crippen LogP contribution in [0.3, 0.4) is 0 Å². The number of hydrogen-bond donors (Lipinski definition) is 0. The van der Waals surface area contributed by atoms with Gasteiger partial charge in [-0.2, -0.15) is 0 Å². The number of aldehydes is 2. The lowest BCUT2D eigenvalue weighted by Crippen LogP contribution is -2.24. The molecule has 1 spiro atoms. The van der Waals surface area contributed by atoms with E-state index in [0.717, 1.165) is 29.9 Å². The zero-order chi connectivity index (χ0) is 18.5. The maximum atomic E-state index is 11.5. The van der Waals surface area contributed by atoms with Crippen LogP contribution in [0.15, 0.2) is 31.8 Å². The molecule has 132 valence electrons. The van der Waals surface area contributed by atoms with E-state index in [1.807, 2.05) is 12.1 Å². The number of thiophene rings is 4. The summed E-state index contributed by atoms with van der Waals surface area (Å²) in [5.41, 5.74) is 4.40. The minimum Gasteiger partial charge on any atom is -0.297 e. The van der Waals surface area contributed by atoms with Crippen LogP contribution in [-0.2, 0) is 5.41 Å². The van der Waals surface area contributed by atoms with E-state index in [2.05, 4.69) is 44.0 Å². The second-order valence-corrected chi connectivity index (χ2v) is 13.4. The van der Waals surface area contributed by atoms with Gasteiger partial charge < -0.3 is 0 Å². The number of halogens is 2. The van der Waals surface area contributed by atoms with Crippen molar-refractivity contribution in [2.75, 3.05) is 0 Å². The topological polar surface area (TPSA) is 34.1 Å². The number of hydrogen-bond acceptors (Lipinski definition) is 6. The Morgan fingerprint density at radius 1 is 0.630 bits per heavy atom. The molecule has 0 aromatic carbocycles. The summed E-state index contributed by atoms with van der Waals surface area (Å²) in [6, 6.07) is 8.48. The van der Waals surface area contributed by atoms with Crippen molar-refractivity contribution in [1.29, 1.82) is 0 Å². The Labute approximate surface area is 186 Å². The Morgan fingerprint density at radius 2 is 1.00 bits per heavy atom. The molecule has 0 bridgehead atoms. The first-order valence-corrected chi connectivity index (χ1v) is 12.7. The van der Waals surface area contributed by atoms with E-state index in [1.165, 1.54) is 41.8 Å². The fourth-order valence-corrected chi connectivity index (χ4v) is 10.0. The Balaban J connectivity index is 1.83. The van der Waals surface area contributed by atoms with Gasteiger partial charge in [0, 0.05) is 0 Å². The first-order chi connectivity index (χ1) is 13.1. The maximum Gasteiger partial charge on any atom is 0.160 e. The third kappa shape index (κ3) is 1.94. The van der Waals surface area contributed by atoms with Gasteiger partial charge in [0.15, 0.2) is 12.6 Å². The third-order valence-electron chi connectivity index (χ3n) is 5.17. The summed E-state index contributed by atoms with van der Waals surface area (Å²) in [5.74, 6) is 0. The van der Waals surface area contributed by atoms with Gasteiger partial charge in [-0.25, -0.2) is 0 Å². The first-order valence-electron chi connectivity index (χ1n) is 7.87. The van der Waals surface area contributed by atoms with Crippen LogP contribution in [0.1, 0.15) is 41.6 Å². The van der Waals surface area contributed by atoms with Crippen molar-refractivity contribution in [3.05, 3.63) is 63.8 Å². The molecule has 0 radical (unpaired) electrons. The molecular formula is C19H6Br2O2S4. The summed E-state index contributed by atoms with van der Waals surface area (Å²) >= 11 is 13.9. The molecule has 4 aromatic heterocycles.